The fourth-order valence-electron chi connectivity index (χ4n) is 0. The van der Waals surface area contributed by atoms with Crippen molar-refractivity contribution in [3.63, 3.8) is 0 Å². The first-order valence-corrected chi connectivity index (χ1v) is 0.400. The lowest BCUT2D eigenvalue weighted by Gasteiger charge is -1.31. The van der Waals surface area contributed by atoms with Crippen LogP contribution in [0.3, 0.4) is 0 Å². The zero-order chi connectivity index (χ0) is 2.71. The number of hydrogen-bond donors (Lipinski definition) is 1. The van der Waals surface area contributed by atoms with Crippen LogP contribution in [-0.2, 0) is 0 Å². The van der Waals surface area contributed by atoms with E-state index in [0.29, 0.717) is 0 Å². The highest BCUT2D eigenvalue weighted by Crippen LogP contribution is 1.29. The van der Waals surface area contributed by atoms with Crippen molar-refractivity contribution in [2.75, 3.05) is 0 Å². The first kappa shape index (κ1) is 23.7. The van der Waals surface area contributed by atoms with Gasteiger partial charge in [0.2, 0.25) is 0 Å². The Hall–Kier alpha value is -0.440. The van der Waals surface area contributed by atoms with Crippen molar-refractivity contribution in [2.24, 2.45) is 0 Å². The van der Waals surface area contributed by atoms with Gasteiger partial charge in [-0.3, -0.25) is 4.91 Å². The summed E-state index contributed by atoms with van der Waals surface area (Å²) in [7, 11) is 0. The monoisotopic (exact) mass is 96.0 g/mol. The highest BCUT2D eigenvalue weighted by atomic mass is 35.5. The Labute approximate surface area is 35.6 Å². The molecule has 0 aromatic rings. The van der Waals surface area contributed by atoms with Crippen LogP contribution >= 0.6 is 12.4 Å². The van der Waals surface area contributed by atoms with E-state index in [9.17, 15) is 0 Å². The molecule has 0 saturated heterocycles. The Bertz CT molecular complexity index is 24.6. The van der Waals surface area contributed by atoms with E-state index in [1.165, 1.54) is 4.91 Å². The predicted molar refractivity (Wildman–Crippen MR) is 23.3 cm³/mol. The molecule has 5 heteroatoms. The lowest BCUT2D eigenvalue weighted by molar-refractivity contribution is 2.13. The zero-order valence-electron chi connectivity index (χ0n) is 2.75. The molecular formula is H5ClN4. The molecule has 0 fully saturated rings. The van der Waals surface area contributed by atoms with Gasteiger partial charge < -0.3 is 17.2 Å². The van der Waals surface area contributed by atoms with E-state index in [-0.39, 0.29) is 18.6 Å². The van der Waals surface area contributed by atoms with Gasteiger partial charge in [-0.2, -0.15) is 0 Å². The number of halogens is 1. The largest absolute Gasteiger partial charge is 0.373 e. The maximum Gasteiger partial charge on any atom is -0.147 e. The highest BCUT2D eigenvalue weighted by Gasteiger charge is 0.689. The van der Waals surface area contributed by atoms with Gasteiger partial charge in [-0.1, -0.05) is 0 Å². The molecule has 0 aliphatic heterocycles. The third-order valence-corrected chi connectivity index (χ3v) is 0. The van der Waals surface area contributed by atoms with Crippen molar-refractivity contribution in [2.45, 2.75) is 0 Å². The molecule has 4 nitrogen and oxygen atoms in total. The van der Waals surface area contributed by atoms with Crippen LogP contribution in [0.15, 0.2) is 0 Å². The molecule has 0 atom stereocenters. The van der Waals surface area contributed by atoms with Crippen molar-refractivity contribution in [3.8, 4) is 0 Å². The van der Waals surface area contributed by atoms with Crippen LogP contribution in [0, 0.1) is 0 Å². The predicted octanol–water partition coefficient (Wildman–Crippen LogP) is 1.66. The summed E-state index contributed by atoms with van der Waals surface area (Å²) >= 11 is 0. The second-order valence-electron chi connectivity index (χ2n) is 0.0894. The van der Waals surface area contributed by atoms with Crippen LogP contribution in [0.1, 0.15) is 0 Å². The third kappa shape index (κ3) is 44.8. The van der Waals surface area contributed by atoms with E-state index >= 15 is 0 Å². The lowest BCUT2D eigenvalue weighted by atomic mass is 13.0. The average molecular weight is 96.5 g/mol. The molecule has 0 rings (SSSR count). The van der Waals surface area contributed by atoms with E-state index in [0.717, 1.165) is 0 Å². The van der Waals surface area contributed by atoms with Crippen molar-refractivity contribution >= 4 is 12.4 Å². The van der Waals surface area contributed by atoms with Crippen molar-refractivity contribution in [1.29, 1.82) is 0 Å². The van der Waals surface area contributed by atoms with Gasteiger partial charge in [-0.25, -0.2) is 0 Å². The van der Waals surface area contributed by atoms with Crippen LogP contribution in [-0.4, -0.2) is 0 Å². The normalized spacial score (nSPS) is 1.60. The minimum atomic E-state index is 0. The van der Waals surface area contributed by atoms with E-state index in [4.69, 9.17) is 11.1 Å². The molecule has 0 aliphatic rings. The fraction of sp³-hybridized carbons (Fsp3) is 0. The maximum absolute atomic E-state index is 6.75. The molecule has 0 spiro atoms. The van der Waals surface area contributed by atoms with Crippen LogP contribution in [0.2, 0.25) is 0 Å². The molecule has 0 heterocycles. The Morgan fingerprint density at radius 1 is 1.20 bits per heavy atom. The van der Waals surface area contributed by atoms with E-state index in [2.05, 4.69) is 0 Å². The summed E-state index contributed by atoms with van der Waals surface area (Å²) in [6.07, 6.45) is 0. The van der Waals surface area contributed by atoms with Crippen molar-refractivity contribution in [3.05, 3.63) is 16.0 Å². The van der Waals surface area contributed by atoms with Gasteiger partial charge in [0.25, 0.3) is 0 Å². The first-order valence-electron chi connectivity index (χ1n) is 0.400. The molecule has 0 amide bonds. The van der Waals surface area contributed by atoms with Gasteiger partial charge in [-0.05, 0) is 0 Å². The molecule has 0 radical (unpaired) electrons. The number of quaternary nitrogens is 1. The van der Waals surface area contributed by atoms with Crippen LogP contribution in [0.5, 0.6) is 0 Å². The summed E-state index contributed by atoms with van der Waals surface area (Å²) < 4.78 is 0. The quantitative estimate of drug-likeness (QED) is 0.270. The molecule has 0 bridgehead atoms. The van der Waals surface area contributed by atoms with Crippen molar-refractivity contribution < 1.29 is 0 Å². The molecule has 0 aliphatic carbocycles. The van der Waals surface area contributed by atoms with Crippen LogP contribution in [0.25, 0.3) is 16.0 Å². The minimum absolute atomic E-state index is 0. The van der Waals surface area contributed by atoms with Gasteiger partial charge in [0.15, 0.2) is 0 Å². The summed E-state index contributed by atoms with van der Waals surface area (Å²) in [6.45, 7) is 0. The minimum Gasteiger partial charge on any atom is -0.373 e. The number of rotatable bonds is 0. The SMILES string of the molecule is Cl.[N-]=[N+]=[N-].[NH4+]. The second kappa shape index (κ2) is 74.4. The molecule has 0 aromatic carbocycles. The van der Waals surface area contributed by atoms with E-state index < -0.39 is 0 Å². The van der Waals surface area contributed by atoms with Crippen molar-refractivity contribution in [1.82, 2.24) is 6.15 Å². The molecule has 32 valence electrons. The Balaban J connectivity index is -0.0000000200. The van der Waals surface area contributed by atoms with Crippen LogP contribution in [0.4, 0.5) is 0 Å². The molecule has 4 N–H and O–H groups in total. The summed E-state index contributed by atoms with van der Waals surface area (Å²) in [5, 5.41) is 0. The van der Waals surface area contributed by atoms with Gasteiger partial charge >= 0.3 is 0 Å². The molecule has 0 unspecified atom stereocenters. The fourth-order valence-corrected chi connectivity index (χ4v) is 0. The number of nitrogens with zero attached hydrogens (tertiary/aromatic N) is 3. The summed E-state index contributed by atoms with van der Waals surface area (Å²) in [5.74, 6) is 0. The molecular weight excluding hydrogens is 91.5 g/mol. The van der Waals surface area contributed by atoms with Gasteiger partial charge in [-0.15, -0.1) is 12.4 Å². The standard InChI is InChI=1S/ClH.N3.H3N/c;1-3-2;/h1H;;1H3/q;-1;/p+1. The summed E-state index contributed by atoms with van der Waals surface area (Å²) in [5.41, 5.74) is 13.5. The zero-order valence-corrected chi connectivity index (χ0v) is 3.57. The van der Waals surface area contributed by atoms with Crippen LogP contribution < -0.4 is 6.15 Å². The first-order chi connectivity index (χ1) is 1.41. The maximum atomic E-state index is 6.75. The van der Waals surface area contributed by atoms with Gasteiger partial charge in [0, 0.05) is 0 Å². The summed E-state index contributed by atoms with van der Waals surface area (Å²) in [4.78, 5) is 1.50. The Kier molecular flexibility index (Phi) is 353. The molecule has 0 saturated carbocycles. The highest BCUT2D eigenvalue weighted by molar-refractivity contribution is 5.85. The van der Waals surface area contributed by atoms with Gasteiger partial charge in [0.05, 0.1) is 0 Å². The van der Waals surface area contributed by atoms with E-state index in [1.807, 2.05) is 0 Å². The topological polar surface area (TPSA) is 95.2 Å². The second-order valence-corrected chi connectivity index (χ2v) is 0.0894. The van der Waals surface area contributed by atoms with E-state index in [1.54, 1.807) is 0 Å². The third-order valence-electron chi connectivity index (χ3n) is 0. The smallest absolute Gasteiger partial charge is 0.147 e. The Morgan fingerprint density at radius 2 is 1.20 bits per heavy atom. The molecule has 5 heavy (non-hydrogen) atoms. The lowest BCUT2D eigenvalue weighted by Crippen LogP contribution is -0.711. The number of hydrogen-bond acceptors (Lipinski definition) is 0. The average Bonchev–Trinajstić information content (AvgIpc) is 0.918. The Morgan fingerprint density at radius 3 is 1.20 bits per heavy atom. The molecule has 0 aromatic heterocycles. The summed E-state index contributed by atoms with van der Waals surface area (Å²) in [6, 6.07) is 0. The van der Waals surface area contributed by atoms with Gasteiger partial charge in [0.1, 0.15) is 0 Å².